The lowest BCUT2D eigenvalue weighted by atomic mass is 10.1. The maximum atomic E-state index is 5.70. The van der Waals surface area contributed by atoms with Crippen molar-refractivity contribution in [2.75, 3.05) is 40.5 Å². The van der Waals surface area contributed by atoms with Gasteiger partial charge in [0.1, 0.15) is 5.75 Å². The number of ether oxygens (including phenoxy) is 2. The zero-order valence-electron chi connectivity index (χ0n) is 16.4. The zero-order valence-corrected chi connectivity index (χ0v) is 16.4. The van der Waals surface area contributed by atoms with Gasteiger partial charge in [-0.3, -0.25) is 4.99 Å². The van der Waals surface area contributed by atoms with E-state index < -0.39 is 0 Å². The van der Waals surface area contributed by atoms with Crippen LogP contribution in [0, 0.1) is 0 Å². The highest BCUT2D eigenvalue weighted by atomic mass is 16.5. The van der Waals surface area contributed by atoms with Crippen molar-refractivity contribution in [2.45, 2.75) is 19.3 Å². The van der Waals surface area contributed by atoms with Gasteiger partial charge in [-0.05, 0) is 36.5 Å². The van der Waals surface area contributed by atoms with Gasteiger partial charge in [0.25, 0.3) is 0 Å². The summed E-state index contributed by atoms with van der Waals surface area (Å²) in [6, 6.07) is 18.5. The van der Waals surface area contributed by atoms with Crippen LogP contribution in [0.25, 0.3) is 0 Å². The molecule has 2 aromatic rings. The van der Waals surface area contributed by atoms with E-state index in [0.717, 1.165) is 57.3 Å². The van der Waals surface area contributed by atoms with E-state index in [-0.39, 0.29) is 0 Å². The predicted octanol–water partition coefficient (Wildman–Crippen LogP) is 3.05. The monoisotopic (exact) mass is 369 g/mol. The van der Waals surface area contributed by atoms with E-state index in [0.29, 0.717) is 0 Å². The molecule has 0 aliphatic heterocycles. The van der Waals surface area contributed by atoms with Gasteiger partial charge in [0.15, 0.2) is 5.96 Å². The normalized spacial score (nSPS) is 11.3. The summed E-state index contributed by atoms with van der Waals surface area (Å²) in [5.41, 5.74) is 2.50. The average molecular weight is 370 g/mol. The minimum atomic E-state index is 0.748. The molecule has 0 amide bonds. The second-order valence-corrected chi connectivity index (χ2v) is 6.19. The minimum absolute atomic E-state index is 0.748. The second kappa shape index (κ2) is 12.8. The number of nitrogens with one attached hydrogen (secondary N) is 2. The SMILES string of the molecule is CN=C(NCCCOCCc1ccccc1)NCCc1ccccc1OC. The number of nitrogens with zero attached hydrogens (tertiary/aromatic N) is 1. The molecule has 0 radical (unpaired) electrons. The second-order valence-electron chi connectivity index (χ2n) is 6.19. The lowest BCUT2D eigenvalue weighted by Gasteiger charge is -2.13. The molecule has 2 N–H and O–H groups in total. The molecule has 0 atom stereocenters. The van der Waals surface area contributed by atoms with E-state index in [4.69, 9.17) is 9.47 Å². The lowest BCUT2D eigenvalue weighted by molar-refractivity contribution is 0.135. The number of benzene rings is 2. The Hall–Kier alpha value is -2.53. The van der Waals surface area contributed by atoms with Crippen molar-refractivity contribution in [3.05, 3.63) is 65.7 Å². The van der Waals surface area contributed by atoms with E-state index in [1.807, 2.05) is 24.3 Å². The molecular formula is C22H31N3O2. The number of guanidine groups is 1. The topological polar surface area (TPSA) is 54.9 Å². The first kappa shape index (κ1) is 20.8. The summed E-state index contributed by atoms with van der Waals surface area (Å²) in [5.74, 6) is 1.74. The Balaban J connectivity index is 1.54. The number of rotatable bonds is 11. The van der Waals surface area contributed by atoms with Gasteiger partial charge in [-0.2, -0.15) is 0 Å². The number of hydrogen-bond donors (Lipinski definition) is 2. The lowest BCUT2D eigenvalue weighted by Crippen LogP contribution is -2.39. The van der Waals surface area contributed by atoms with Crippen LogP contribution in [0.4, 0.5) is 0 Å². The fourth-order valence-corrected chi connectivity index (χ4v) is 2.76. The van der Waals surface area contributed by atoms with Gasteiger partial charge in [0.2, 0.25) is 0 Å². The van der Waals surface area contributed by atoms with Crippen LogP contribution in [-0.2, 0) is 17.6 Å². The van der Waals surface area contributed by atoms with Gasteiger partial charge in [-0.1, -0.05) is 48.5 Å². The molecule has 5 nitrogen and oxygen atoms in total. The molecule has 0 aliphatic rings. The van der Waals surface area contributed by atoms with Crippen LogP contribution >= 0.6 is 0 Å². The molecule has 27 heavy (non-hydrogen) atoms. The molecule has 2 aromatic carbocycles. The van der Waals surface area contributed by atoms with Gasteiger partial charge < -0.3 is 20.1 Å². The Kier molecular flexibility index (Phi) is 9.82. The first-order valence-corrected chi connectivity index (χ1v) is 9.51. The number of hydrogen-bond acceptors (Lipinski definition) is 3. The molecule has 0 unspecified atom stereocenters. The van der Waals surface area contributed by atoms with Crippen LogP contribution in [0.3, 0.4) is 0 Å². The van der Waals surface area contributed by atoms with Gasteiger partial charge in [-0.25, -0.2) is 0 Å². The standard InChI is InChI=1S/C22H31N3O2/c1-23-22(25-16-13-20-11-6-7-12-21(20)26-2)24-15-8-17-27-18-14-19-9-4-3-5-10-19/h3-7,9-12H,8,13-18H2,1-2H3,(H2,23,24,25). The zero-order chi connectivity index (χ0) is 19.2. The molecular weight excluding hydrogens is 338 g/mol. The quantitative estimate of drug-likeness (QED) is 0.363. The Morgan fingerprint density at radius 2 is 1.63 bits per heavy atom. The Morgan fingerprint density at radius 1 is 0.889 bits per heavy atom. The molecule has 0 saturated carbocycles. The van der Waals surface area contributed by atoms with Crippen LogP contribution in [0.2, 0.25) is 0 Å². The third-order valence-corrected chi connectivity index (χ3v) is 4.24. The first-order chi connectivity index (χ1) is 13.3. The largest absolute Gasteiger partial charge is 0.496 e. The molecule has 0 fully saturated rings. The van der Waals surface area contributed by atoms with Crippen LogP contribution in [0.1, 0.15) is 17.5 Å². The van der Waals surface area contributed by atoms with E-state index in [9.17, 15) is 0 Å². The van der Waals surface area contributed by atoms with Gasteiger partial charge in [0.05, 0.1) is 13.7 Å². The third-order valence-electron chi connectivity index (χ3n) is 4.24. The van der Waals surface area contributed by atoms with E-state index in [1.54, 1.807) is 14.2 Å². The van der Waals surface area contributed by atoms with Crippen molar-refractivity contribution in [1.29, 1.82) is 0 Å². The van der Waals surface area contributed by atoms with Crippen molar-refractivity contribution >= 4 is 5.96 Å². The highest BCUT2D eigenvalue weighted by molar-refractivity contribution is 5.79. The number of aliphatic imine (C=N–C) groups is 1. The summed E-state index contributed by atoms with van der Waals surface area (Å²) in [5, 5.41) is 6.66. The molecule has 2 rings (SSSR count). The Labute approximate surface area is 162 Å². The fourth-order valence-electron chi connectivity index (χ4n) is 2.76. The molecule has 5 heteroatoms. The summed E-state index contributed by atoms with van der Waals surface area (Å²) in [6.45, 7) is 3.14. The molecule has 146 valence electrons. The van der Waals surface area contributed by atoms with Crippen molar-refractivity contribution in [2.24, 2.45) is 4.99 Å². The number of para-hydroxylation sites is 1. The fraction of sp³-hybridized carbons (Fsp3) is 0.409. The van der Waals surface area contributed by atoms with Crippen LogP contribution in [0.5, 0.6) is 5.75 Å². The summed E-state index contributed by atoms with van der Waals surface area (Å²) >= 11 is 0. The summed E-state index contributed by atoms with van der Waals surface area (Å²) < 4.78 is 11.1. The Bertz CT molecular complexity index is 674. The highest BCUT2D eigenvalue weighted by Crippen LogP contribution is 2.17. The maximum Gasteiger partial charge on any atom is 0.190 e. The van der Waals surface area contributed by atoms with Crippen LogP contribution in [-0.4, -0.2) is 46.4 Å². The molecule has 0 bridgehead atoms. The van der Waals surface area contributed by atoms with Crippen molar-refractivity contribution in [3.63, 3.8) is 0 Å². The molecule has 0 saturated heterocycles. The number of methoxy groups -OCH3 is 1. The summed E-state index contributed by atoms with van der Waals surface area (Å²) in [7, 11) is 3.49. The third kappa shape index (κ3) is 8.13. The van der Waals surface area contributed by atoms with E-state index in [1.165, 1.54) is 11.1 Å². The molecule has 0 aliphatic carbocycles. The summed E-state index contributed by atoms with van der Waals surface area (Å²) in [4.78, 5) is 4.26. The average Bonchev–Trinajstić information content (AvgIpc) is 2.72. The van der Waals surface area contributed by atoms with E-state index in [2.05, 4.69) is 46.0 Å². The summed E-state index contributed by atoms with van der Waals surface area (Å²) in [6.07, 6.45) is 2.79. The van der Waals surface area contributed by atoms with Crippen LogP contribution in [0.15, 0.2) is 59.6 Å². The first-order valence-electron chi connectivity index (χ1n) is 9.51. The highest BCUT2D eigenvalue weighted by Gasteiger charge is 2.02. The van der Waals surface area contributed by atoms with Gasteiger partial charge in [-0.15, -0.1) is 0 Å². The van der Waals surface area contributed by atoms with E-state index >= 15 is 0 Å². The maximum absolute atomic E-state index is 5.70. The van der Waals surface area contributed by atoms with Crippen molar-refractivity contribution in [1.82, 2.24) is 10.6 Å². The smallest absolute Gasteiger partial charge is 0.190 e. The predicted molar refractivity (Wildman–Crippen MR) is 112 cm³/mol. The Morgan fingerprint density at radius 3 is 2.41 bits per heavy atom. The molecule has 0 heterocycles. The van der Waals surface area contributed by atoms with Gasteiger partial charge in [0, 0.05) is 26.7 Å². The van der Waals surface area contributed by atoms with Crippen molar-refractivity contribution in [3.8, 4) is 5.75 Å². The molecule has 0 spiro atoms. The minimum Gasteiger partial charge on any atom is -0.496 e. The van der Waals surface area contributed by atoms with Gasteiger partial charge >= 0.3 is 0 Å². The molecule has 0 aromatic heterocycles. The van der Waals surface area contributed by atoms with Crippen LogP contribution < -0.4 is 15.4 Å². The van der Waals surface area contributed by atoms with Crippen molar-refractivity contribution < 1.29 is 9.47 Å².